The predicted molar refractivity (Wildman–Crippen MR) is 130 cm³/mol. The van der Waals surface area contributed by atoms with Gasteiger partial charge in [-0.15, -0.1) is 0 Å². The zero-order valence-electron chi connectivity index (χ0n) is 18.5. The number of hydrogen-bond donors (Lipinski definition) is 2. The summed E-state index contributed by atoms with van der Waals surface area (Å²) < 4.78 is 8.31. The first-order chi connectivity index (χ1) is 15.4. The van der Waals surface area contributed by atoms with Crippen LogP contribution in [-0.4, -0.2) is 37.8 Å². The van der Waals surface area contributed by atoms with Crippen molar-refractivity contribution in [2.24, 2.45) is 0 Å². The molecule has 5 rings (SSSR count). The molecular formula is C24H27BrN6O. The number of nitrogens with two attached hydrogens (primary N) is 1. The molecule has 4 heterocycles. The lowest BCUT2D eigenvalue weighted by molar-refractivity contribution is -0.0423. The van der Waals surface area contributed by atoms with E-state index in [4.69, 9.17) is 15.5 Å². The van der Waals surface area contributed by atoms with Crippen LogP contribution < -0.4 is 11.1 Å². The minimum absolute atomic E-state index is 0.255. The summed E-state index contributed by atoms with van der Waals surface area (Å²) in [4.78, 5) is 9.57. The van der Waals surface area contributed by atoms with E-state index in [2.05, 4.69) is 70.3 Å². The Morgan fingerprint density at radius 1 is 1.19 bits per heavy atom. The molecule has 4 aromatic rings. The Labute approximate surface area is 195 Å². The Morgan fingerprint density at radius 2 is 1.97 bits per heavy atom. The van der Waals surface area contributed by atoms with Crippen LogP contribution in [0.2, 0.25) is 0 Å². The van der Waals surface area contributed by atoms with Crippen LogP contribution in [0.1, 0.15) is 37.9 Å². The molecule has 3 N–H and O–H groups in total. The summed E-state index contributed by atoms with van der Waals surface area (Å²) in [7, 11) is 0. The lowest BCUT2D eigenvalue weighted by Crippen LogP contribution is -2.41. The van der Waals surface area contributed by atoms with E-state index in [-0.39, 0.29) is 12.2 Å². The Morgan fingerprint density at radius 3 is 2.75 bits per heavy atom. The van der Waals surface area contributed by atoms with Gasteiger partial charge in [-0.05, 0) is 67.7 Å². The summed E-state index contributed by atoms with van der Waals surface area (Å²) in [5, 5.41) is 9.24. The van der Waals surface area contributed by atoms with Gasteiger partial charge in [-0.2, -0.15) is 9.61 Å². The van der Waals surface area contributed by atoms with E-state index in [0.29, 0.717) is 18.4 Å². The highest BCUT2D eigenvalue weighted by molar-refractivity contribution is 9.10. The van der Waals surface area contributed by atoms with Crippen molar-refractivity contribution in [1.82, 2.24) is 24.9 Å². The number of halogens is 1. The molecule has 0 saturated carbocycles. The van der Waals surface area contributed by atoms with Crippen molar-refractivity contribution in [2.75, 3.05) is 5.73 Å². The van der Waals surface area contributed by atoms with Crippen LogP contribution in [0.15, 0.2) is 41.1 Å². The minimum atomic E-state index is 0.255. The maximum atomic E-state index is 6.42. The van der Waals surface area contributed by atoms with Gasteiger partial charge in [0.15, 0.2) is 5.65 Å². The summed E-state index contributed by atoms with van der Waals surface area (Å²) in [6.07, 6.45) is 6.16. The number of nitrogens with zero attached hydrogens (tertiary/aromatic N) is 4. The fourth-order valence-corrected chi connectivity index (χ4v) is 4.97. The summed E-state index contributed by atoms with van der Waals surface area (Å²) in [5.74, 6) is 0.538. The Kier molecular flexibility index (Phi) is 5.61. The third-order valence-electron chi connectivity index (χ3n) is 6.09. The highest BCUT2D eigenvalue weighted by Crippen LogP contribution is 2.31. The molecule has 0 spiro atoms. The van der Waals surface area contributed by atoms with Crippen LogP contribution >= 0.6 is 15.9 Å². The second-order valence-electron chi connectivity index (χ2n) is 8.78. The molecule has 2 unspecified atom stereocenters. The number of aromatic nitrogens is 4. The Balaban J connectivity index is 1.50. The Hall–Kier alpha value is -2.55. The van der Waals surface area contributed by atoms with Crippen LogP contribution in [0.25, 0.3) is 27.7 Å². The van der Waals surface area contributed by atoms with Gasteiger partial charge in [0.2, 0.25) is 0 Å². The van der Waals surface area contributed by atoms with E-state index < -0.39 is 0 Å². The van der Waals surface area contributed by atoms with Gasteiger partial charge < -0.3 is 15.8 Å². The van der Waals surface area contributed by atoms with E-state index >= 15 is 0 Å². The second kappa shape index (κ2) is 8.42. The van der Waals surface area contributed by atoms with Gasteiger partial charge in [0, 0.05) is 35.3 Å². The largest absolute Gasteiger partial charge is 0.383 e. The number of rotatable bonds is 4. The average Bonchev–Trinajstić information content (AvgIpc) is 3.18. The highest BCUT2D eigenvalue weighted by Gasteiger charge is 2.25. The fourth-order valence-electron chi connectivity index (χ4n) is 4.58. The average molecular weight is 495 g/mol. The summed E-state index contributed by atoms with van der Waals surface area (Å²) in [6, 6.07) is 8.77. The molecule has 8 heteroatoms. The van der Waals surface area contributed by atoms with E-state index in [1.807, 2.05) is 18.5 Å². The molecular weight excluding hydrogens is 468 g/mol. The molecule has 0 bridgehead atoms. The number of ether oxygens (including phenoxy) is 1. The summed E-state index contributed by atoms with van der Waals surface area (Å²) in [5.41, 5.74) is 12.1. The van der Waals surface area contributed by atoms with Crippen LogP contribution in [0.3, 0.4) is 0 Å². The molecule has 3 atom stereocenters. The van der Waals surface area contributed by atoms with E-state index in [0.717, 1.165) is 50.7 Å². The SMILES string of the molecule is Cc1ccc2ncc(-c3cnn4c(N)c(Br)c(CNC5CC(C)O[C@@H](C)C5)nc34)cc2c1. The van der Waals surface area contributed by atoms with Crippen LogP contribution in [-0.2, 0) is 11.3 Å². The van der Waals surface area contributed by atoms with Crippen LogP contribution in [0.5, 0.6) is 0 Å². The van der Waals surface area contributed by atoms with Gasteiger partial charge in [-0.25, -0.2) is 4.98 Å². The zero-order valence-corrected chi connectivity index (χ0v) is 20.1. The first-order valence-corrected chi connectivity index (χ1v) is 11.8. The molecule has 1 aromatic carbocycles. The van der Waals surface area contributed by atoms with Crippen LogP contribution in [0.4, 0.5) is 5.82 Å². The van der Waals surface area contributed by atoms with Gasteiger partial charge in [-0.1, -0.05) is 11.6 Å². The second-order valence-corrected chi connectivity index (χ2v) is 9.57. The standard InChI is InChI=1S/C24H27BrN6O/c1-13-4-5-20-16(6-13)9-17(10-28-20)19-11-29-31-23(26)22(25)21(30-24(19)31)12-27-18-7-14(2)32-15(3)8-18/h4-6,9-11,14-15,18,27H,7-8,12,26H2,1-3H3/t14-,15?,18?/m0/s1. The van der Waals surface area contributed by atoms with E-state index in [9.17, 15) is 0 Å². The van der Waals surface area contributed by atoms with Crippen molar-refractivity contribution >= 4 is 38.3 Å². The first-order valence-electron chi connectivity index (χ1n) is 11.0. The third-order valence-corrected chi connectivity index (χ3v) is 6.96. The van der Waals surface area contributed by atoms with Crippen molar-refractivity contribution < 1.29 is 4.74 Å². The van der Waals surface area contributed by atoms with Crippen molar-refractivity contribution in [1.29, 1.82) is 0 Å². The smallest absolute Gasteiger partial charge is 0.165 e. The molecule has 166 valence electrons. The summed E-state index contributed by atoms with van der Waals surface area (Å²) >= 11 is 3.63. The third kappa shape index (κ3) is 3.98. The number of nitrogens with one attached hydrogen (secondary N) is 1. The van der Waals surface area contributed by atoms with Gasteiger partial charge in [0.05, 0.1) is 34.1 Å². The van der Waals surface area contributed by atoms with Gasteiger partial charge in [-0.3, -0.25) is 4.98 Å². The zero-order chi connectivity index (χ0) is 22.4. The molecule has 7 nitrogen and oxygen atoms in total. The lowest BCUT2D eigenvalue weighted by atomic mass is 10.00. The quantitative estimate of drug-likeness (QED) is 0.429. The maximum Gasteiger partial charge on any atom is 0.165 e. The van der Waals surface area contributed by atoms with Crippen molar-refractivity contribution in [3.63, 3.8) is 0 Å². The van der Waals surface area contributed by atoms with Gasteiger partial charge >= 0.3 is 0 Å². The molecule has 0 radical (unpaired) electrons. The first kappa shape index (κ1) is 21.3. The topological polar surface area (TPSA) is 90.4 Å². The monoisotopic (exact) mass is 494 g/mol. The fraction of sp³-hybridized carbons (Fsp3) is 0.375. The normalized spacial score (nSPS) is 21.4. The molecule has 0 amide bonds. The molecule has 32 heavy (non-hydrogen) atoms. The highest BCUT2D eigenvalue weighted by atomic mass is 79.9. The number of nitrogen functional groups attached to an aromatic ring is 1. The number of aryl methyl sites for hydroxylation is 1. The number of pyridine rings is 1. The van der Waals surface area contributed by atoms with E-state index in [1.165, 1.54) is 5.56 Å². The maximum absolute atomic E-state index is 6.42. The molecule has 1 fully saturated rings. The van der Waals surface area contributed by atoms with Crippen molar-refractivity contribution in [3.8, 4) is 11.1 Å². The van der Waals surface area contributed by atoms with Crippen LogP contribution in [0, 0.1) is 6.92 Å². The molecule has 0 aliphatic carbocycles. The number of benzene rings is 1. The molecule has 1 aliphatic rings. The number of hydrogen-bond acceptors (Lipinski definition) is 6. The summed E-state index contributed by atoms with van der Waals surface area (Å²) in [6.45, 7) is 6.95. The molecule has 1 aliphatic heterocycles. The van der Waals surface area contributed by atoms with Gasteiger partial charge in [0.1, 0.15) is 5.82 Å². The predicted octanol–water partition coefficient (Wildman–Crippen LogP) is 4.64. The molecule has 3 aromatic heterocycles. The lowest BCUT2D eigenvalue weighted by Gasteiger charge is -2.32. The number of anilines is 1. The van der Waals surface area contributed by atoms with E-state index in [1.54, 1.807) is 4.52 Å². The number of fused-ring (bicyclic) bond motifs is 2. The molecule has 1 saturated heterocycles. The Bertz CT molecular complexity index is 1290. The van der Waals surface area contributed by atoms with Crippen molar-refractivity contribution in [2.45, 2.75) is 58.4 Å². The minimum Gasteiger partial charge on any atom is -0.383 e. The van der Waals surface area contributed by atoms with Crippen molar-refractivity contribution in [3.05, 3.63) is 52.4 Å². The van der Waals surface area contributed by atoms with Gasteiger partial charge in [0.25, 0.3) is 0 Å².